The molecule has 0 unspecified atom stereocenters. The van der Waals surface area contributed by atoms with Crippen molar-refractivity contribution in [3.63, 3.8) is 0 Å². The highest BCUT2D eigenvalue weighted by Crippen LogP contribution is 2.54. The Balaban J connectivity index is 2.14. The Labute approximate surface area is 211 Å². The first kappa shape index (κ1) is 21.3. The average Bonchev–Trinajstić information content (AvgIpc) is 2.74. The molecule has 5 aromatic rings. The lowest BCUT2D eigenvalue weighted by molar-refractivity contribution is 1.76. The molecule has 0 amide bonds. The molecule has 0 aliphatic heterocycles. The fourth-order valence-corrected chi connectivity index (χ4v) is 6.48. The van der Waals surface area contributed by atoms with E-state index in [1.165, 1.54) is 0 Å². The molecule has 0 aliphatic carbocycles. The van der Waals surface area contributed by atoms with Gasteiger partial charge in [0, 0.05) is 32.3 Å². The Hall–Kier alpha value is -0.540. The van der Waals surface area contributed by atoms with Crippen LogP contribution in [0.4, 0.5) is 0 Å². The predicted molar refractivity (Wildman–Crippen MR) is 137 cm³/mol. The minimum Gasteiger partial charge on any atom is -0.0829 e. The Morgan fingerprint density at radius 2 is 0.700 bits per heavy atom. The van der Waals surface area contributed by atoms with E-state index in [1.54, 1.807) is 0 Å². The second-order valence-corrected chi connectivity index (χ2v) is 9.78. The number of fused-ring (bicyclic) bond motifs is 4. The number of benzene rings is 5. The Morgan fingerprint density at radius 1 is 0.367 bits per heavy atom. The Morgan fingerprint density at radius 3 is 1.07 bits per heavy atom. The molecule has 0 nitrogen and oxygen atoms in total. The number of hydrogen-bond donors (Lipinski definition) is 0. The van der Waals surface area contributed by atoms with E-state index in [2.05, 4.69) is 0 Å². The zero-order valence-corrected chi connectivity index (χ0v) is 20.5. The molecule has 0 bridgehead atoms. The average molecular weight is 554 g/mol. The van der Waals surface area contributed by atoms with Gasteiger partial charge in [0.1, 0.15) is 0 Å². The lowest BCUT2D eigenvalue weighted by Crippen LogP contribution is -1.91. The second kappa shape index (κ2) is 7.51. The molecule has 0 fully saturated rings. The van der Waals surface area contributed by atoms with E-state index in [-0.39, 0.29) is 30.1 Å². The van der Waals surface area contributed by atoms with Crippen LogP contribution >= 0.6 is 92.8 Å². The molecule has 0 N–H and O–H groups in total. The zero-order chi connectivity index (χ0) is 21.5. The summed E-state index contributed by atoms with van der Waals surface area (Å²) in [5.41, 5.74) is 0. The summed E-state index contributed by atoms with van der Waals surface area (Å²) >= 11 is 52.8. The van der Waals surface area contributed by atoms with Crippen LogP contribution in [0.2, 0.25) is 40.2 Å². The van der Waals surface area contributed by atoms with Gasteiger partial charge in [0.25, 0.3) is 0 Å². The van der Waals surface area contributed by atoms with Crippen molar-refractivity contribution in [2.24, 2.45) is 0 Å². The van der Waals surface area contributed by atoms with Crippen LogP contribution in [0.5, 0.6) is 0 Å². The molecule has 0 saturated heterocycles. The van der Waals surface area contributed by atoms with E-state index in [1.807, 2.05) is 36.4 Å². The van der Waals surface area contributed by atoms with Crippen LogP contribution in [0.3, 0.4) is 0 Å². The highest BCUT2D eigenvalue weighted by atomic mass is 35.5. The molecule has 150 valence electrons. The topological polar surface area (TPSA) is 0 Å². The largest absolute Gasteiger partial charge is 0.0829 e. The van der Waals surface area contributed by atoms with E-state index >= 15 is 0 Å². The van der Waals surface area contributed by atoms with Crippen LogP contribution in [0.1, 0.15) is 0 Å². The van der Waals surface area contributed by atoms with Crippen molar-refractivity contribution in [2.75, 3.05) is 0 Å². The third-order valence-electron chi connectivity index (χ3n) is 5.19. The van der Waals surface area contributed by atoms with E-state index in [4.69, 9.17) is 92.8 Å². The van der Waals surface area contributed by atoms with Gasteiger partial charge in [-0.15, -0.1) is 0 Å². The number of rotatable bonds is 0. The fraction of sp³-hybridized carbons (Fsp3) is 0. The summed E-state index contributed by atoms with van der Waals surface area (Å²) in [6.45, 7) is 0. The summed E-state index contributed by atoms with van der Waals surface area (Å²) < 4.78 is 0. The standard InChI is InChI=1S/C22H6Cl8/c23-15-9-5-7-3-1-2-4-8(7)6-10(9)16(24)12-11(15)17(25)13-14(18(12)26)20(28)22(30)21(29)19(13)27/h1-6H. The van der Waals surface area contributed by atoms with Gasteiger partial charge >= 0.3 is 0 Å². The molecular formula is C22H6Cl8. The zero-order valence-electron chi connectivity index (χ0n) is 14.5. The normalized spacial score (nSPS) is 12.0. The molecule has 8 heteroatoms. The van der Waals surface area contributed by atoms with Crippen molar-refractivity contribution >= 4 is 136 Å². The summed E-state index contributed by atoms with van der Waals surface area (Å²) in [6, 6.07) is 11.8. The van der Waals surface area contributed by atoms with Crippen LogP contribution in [0, 0.1) is 0 Å². The molecular weight excluding hydrogens is 548 g/mol. The van der Waals surface area contributed by atoms with Crippen molar-refractivity contribution in [1.82, 2.24) is 0 Å². The van der Waals surface area contributed by atoms with Crippen LogP contribution in [-0.2, 0) is 0 Å². The summed E-state index contributed by atoms with van der Waals surface area (Å²) in [5.74, 6) is 0. The molecule has 0 saturated carbocycles. The van der Waals surface area contributed by atoms with Crippen molar-refractivity contribution in [2.45, 2.75) is 0 Å². The molecule has 0 radical (unpaired) electrons. The first-order chi connectivity index (χ1) is 14.2. The first-order valence-electron chi connectivity index (χ1n) is 8.49. The highest BCUT2D eigenvalue weighted by Gasteiger charge is 2.26. The SMILES string of the molecule is Clc1c(Cl)c(Cl)c2c(Cl)c3c(Cl)c4cc5ccccc5cc4c(Cl)c3c(Cl)c2c1Cl. The summed E-state index contributed by atoms with van der Waals surface area (Å²) in [5, 5.41) is 6.95. The van der Waals surface area contributed by atoms with Crippen molar-refractivity contribution in [3.05, 3.63) is 76.6 Å². The van der Waals surface area contributed by atoms with E-state index in [0.717, 1.165) is 21.5 Å². The van der Waals surface area contributed by atoms with Gasteiger partial charge in [0.05, 0.1) is 40.2 Å². The summed E-state index contributed by atoms with van der Waals surface area (Å²) in [4.78, 5) is 0. The van der Waals surface area contributed by atoms with Gasteiger partial charge in [-0.2, -0.15) is 0 Å². The van der Waals surface area contributed by atoms with Gasteiger partial charge in [-0.1, -0.05) is 117 Å². The van der Waals surface area contributed by atoms with Crippen molar-refractivity contribution < 1.29 is 0 Å². The summed E-state index contributed by atoms with van der Waals surface area (Å²) in [7, 11) is 0. The smallest absolute Gasteiger partial charge is 0.0800 e. The maximum atomic E-state index is 6.85. The number of halogens is 8. The van der Waals surface area contributed by atoms with Gasteiger partial charge in [0.2, 0.25) is 0 Å². The van der Waals surface area contributed by atoms with Crippen molar-refractivity contribution in [1.29, 1.82) is 0 Å². The lowest BCUT2D eigenvalue weighted by atomic mass is 9.96. The molecule has 0 aromatic heterocycles. The Bertz CT molecular complexity index is 1450. The minimum atomic E-state index is 0.0853. The third-order valence-corrected chi connectivity index (χ3v) is 8.54. The lowest BCUT2D eigenvalue weighted by Gasteiger charge is -2.18. The maximum Gasteiger partial charge on any atom is 0.0800 e. The van der Waals surface area contributed by atoms with E-state index in [9.17, 15) is 0 Å². The second-order valence-electron chi connectivity index (χ2n) is 6.76. The van der Waals surface area contributed by atoms with Gasteiger partial charge in [-0.05, 0) is 22.9 Å². The molecule has 5 rings (SSSR count). The predicted octanol–water partition coefficient (Wildman–Crippen LogP) is 11.5. The summed E-state index contributed by atoms with van der Waals surface area (Å²) in [6.07, 6.45) is 0. The van der Waals surface area contributed by atoms with E-state index < -0.39 is 0 Å². The van der Waals surface area contributed by atoms with Gasteiger partial charge < -0.3 is 0 Å². The van der Waals surface area contributed by atoms with Crippen LogP contribution in [-0.4, -0.2) is 0 Å². The molecule has 0 atom stereocenters. The quantitative estimate of drug-likeness (QED) is 0.102. The number of hydrogen-bond acceptors (Lipinski definition) is 0. The minimum absolute atomic E-state index is 0.0853. The van der Waals surface area contributed by atoms with Gasteiger partial charge in [-0.3, -0.25) is 0 Å². The monoisotopic (exact) mass is 550 g/mol. The molecule has 0 heterocycles. The van der Waals surface area contributed by atoms with Gasteiger partial charge in [-0.25, -0.2) is 0 Å². The highest BCUT2D eigenvalue weighted by molar-refractivity contribution is 6.62. The molecule has 0 spiro atoms. The Kier molecular flexibility index (Phi) is 5.33. The van der Waals surface area contributed by atoms with Crippen LogP contribution in [0.15, 0.2) is 36.4 Å². The fourth-order valence-electron chi connectivity index (χ4n) is 3.80. The third kappa shape index (κ3) is 2.83. The van der Waals surface area contributed by atoms with Gasteiger partial charge in [0.15, 0.2) is 0 Å². The molecule has 0 aliphatic rings. The van der Waals surface area contributed by atoms with Crippen LogP contribution in [0.25, 0.3) is 43.1 Å². The maximum absolute atomic E-state index is 6.85. The molecule has 5 aromatic carbocycles. The van der Waals surface area contributed by atoms with Crippen molar-refractivity contribution in [3.8, 4) is 0 Å². The van der Waals surface area contributed by atoms with E-state index in [0.29, 0.717) is 31.6 Å². The molecule has 30 heavy (non-hydrogen) atoms. The van der Waals surface area contributed by atoms with Crippen LogP contribution < -0.4 is 0 Å². The first-order valence-corrected chi connectivity index (χ1v) is 11.5.